The quantitative estimate of drug-likeness (QED) is 0.129. The van der Waals surface area contributed by atoms with Gasteiger partial charge in [0.05, 0.1) is 18.9 Å². The van der Waals surface area contributed by atoms with Crippen molar-refractivity contribution in [3.8, 4) is 0 Å². The number of aromatic amines is 2. The molecule has 3 atom stereocenters. The molecule has 14 nitrogen and oxygen atoms in total. The van der Waals surface area contributed by atoms with Crippen LogP contribution in [0.2, 0.25) is 0 Å². The predicted octanol–water partition coefficient (Wildman–Crippen LogP) is -0.961. The summed E-state index contributed by atoms with van der Waals surface area (Å²) in [5.74, 6) is -4.75. The van der Waals surface area contributed by atoms with Gasteiger partial charge in [0.2, 0.25) is 17.7 Å². The molecule has 38 heavy (non-hydrogen) atoms. The Morgan fingerprint density at radius 2 is 1.74 bits per heavy atom. The number of carboxylic acids is 2. The minimum Gasteiger partial charge on any atom is -0.481 e. The Balaban J connectivity index is 1.57. The second-order valence-electron chi connectivity index (χ2n) is 8.62. The average molecular weight is 528 g/mol. The first-order chi connectivity index (χ1) is 18.1. The zero-order valence-electron chi connectivity index (χ0n) is 20.3. The fraction of sp³-hybridized carbons (Fsp3) is 0.333. The zero-order valence-corrected chi connectivity index (χ0v) is 20.3. The smallest absolute Gasteiger partial charge is 0.326 e. The van der Waals surface area contributed by atoms with Crippen molar-refractivity contribution in [2.45, 2.75) is 43.8 Å². The van der Waals surface area contributed by atoms with Crippen LogP contribution in [0.1, 0.15) is 24.1 Å². The van der Waals surface area contributed by atoms with Crippen LogP contribution in [0.25, 0.3) is 10.9 Å². The van der Waals surface area contributed by atoms with Crippen molar-refractivity contribution in [2.24, 2.45) is 5.73 Å². The molecule has 0 spiro atoms. The van der Waals surface area contributed by atoms with E-state index in [-0.39, 0.29) is 19.3 Å². The molecule has 0 aliphatic rings. The van der Waals surface area contributed by atoms with E-state index in [1.54, 1.807) is 6.20 Å². The molecule has 14 heteroatoms. The van der Waals surface area contributed by atoms with Crippen LogP contribution in [0.4, 0.5) is 0 Å². The maximum atomic E-state index is 12.8. The highest BCUT2D eigenvalue weighted by Gasteiger charge is 2.28. The summed E-state index contributed by atoms with van der Waals surface area (Å²) in [5, 5.41) is 26.2. The number of aliphatic carboxylic acids is 2. The number of carbonyl (C=O) groups excluding carboxylic acids is 3. The van der Waals surface area contributed by atoms with Gasteiger partial charge in [-0.25, -0.2) is 9.78 Å². The molecule has 0 fully saturated rings. The van der Waals surface area contributed by atoms with Gasteiger partial charge in [-0.1, -0.05) is 18.2 Å². The molecule has 3 rings (SSSR count). The van der Waals surface area contributed by atoms with E-state index in [0.29, 0.717) is 5.69 Å². The van der Waals surface area contributed by atoms with Gasteiger partial charge in [-0.15, -0.1) is 0 Å². The summed E-state index contributed by atoms with van der Waals surface area (Å²) in [6.45, 7) is -0.478. The number of H-pyrrole nitrogens is 2. The number of amides is 3. The summed E-state index contributed by atoms with van der Waals surface area (Å²) < 4.78 is 0. The number of fused-ring (bicyclic) bond motifs is 1. The highest BCUT2D eigenvalue weighted by Crippen LogP contribution is 2.18. The Labute approximate surface area is 216 Å². The summed E-state index contributed by atoms with van der Waals surface area (Å²) in [6, 6.07) is 3.92. The number of rotatable bonds is 14. The van der Waals surface area contributed by atoms with Crippen molar-refractivity contribution in [3.05, 3.63) is 54.2 Å². The van der Waals surface area contributed by atoms with Crippen molar-refractivity contribution in [3.63, 3.8) is 0 Å². The fourth-order valence-electron chi connectivity index (χ4n) is 3.80. The number of carboxylic acid groups (broad SMARTS) is 2. The summed E-state index contributed by atoms with van der Waals surface area (Å²) >= 11 is 0. The van der Waals surface area contributed by atoms with Gasteiger partial charge in [0, 0.05) is 41.8 Å². The van der Waals surface area contributed by atoms with E-state index in [1.807, 2.05) is 24.3 Å². The van der Waals surface area contributed by atoms with Gasteiger partial charge in [-0.2, -0.15) is 0 Å². The average Bonchev–Trinajstić information content (AvgIpc) is 3.54. The molecule has 0 unspecified atom stereocenters. The Bertz CT molecular complexity index is 1290. The summed E-state index contributed by atoms with van der Waals surface area (Å²) in [7, 11) is 0. The Morgan fingerprint density at radius 1 is 0.974 bits per heavy atom. The van der Waals surface area contributed by atoms with Gasteiger partial charge in [0.25, 0.3) is 0 Å². The number of hydrogen-bond acceptors (Lipinski definition) is 7. The first-order valence-corrected chi connectivity index (χ1v) is 11.7. The van der Waals surface area contributed by atoms with Crippen LogP contribution in [-0.2, 0) is 36.8 Å². The second-order valence-corrected chi connectivity index (χ2v) is 8.62. The molecule has 0 saturated heterocycles. The molecule has 2 heterocycles. The maximum absolute atomic E-state index is 12.8. The minimum absolute atomic E-state index is 0.0587. The van der Waals surface area contributed by atoms with Crippen molar-refractivity contribution in [1.82, 2.24) is 30.9 Å². The number of imidazole rings is 1. The van der Waals surface area contributed by atoms with Crippen LogP contribution in [0.5, 0.6) is 0 Å². The summed E-state index contributed by atoms with van der Waals surface area (Å²) in [4.78, 5) is 69.9. The van der Waals surface area contributed by atoms with Gasteiger partial charge < -0.3 is 41.9 Å². The van der Waals surface area contributed by atoms with E-state index in [4.69, 9.17) is 10.8 Å². The topological polar surface area (TPSA) is 232 Å². The van der Waals surface area contributed by atoms with Crippen molar-refractivity contribution < 1.29 is 34.2 Å². The maximum Gasteiger partial charge on any atom is 0.326 e. The van der Waals surface area contributed by atoms with Gasteiger partial charge in [-0.3, -0.25) is 19.2 Å². The van der Waals surface area contributed by atoms with Gasteiger partial charge in [0.15, 0.2) is 0 Å². The third kappa shape index (κ3) is 7.89. The van der Waals surface area contributed by atoms with E-state index in [1.165, 1.54) is 12.5 Å². The van der Waals surface area contributed by atoms with E-state index in [0.717, 1.165) is 16.5 Å². The SMILES string of the molecule is N[C@@H](Cc1c[nH]c2ccccc12)C(=O)NCC(=O)N[C@@H](Cc1cnc[nH]1)C(=O)N[C@@H](CCC(=O)O)C(=O)O. The van der Waals surface area contributed by atoms with Crippen LogP contribution < -0.4 is 21.7 Å². The van der Waals surface area contributed by atoms with Crippen LogP contribution >= 0.6 is 0 Å². The lowest BCUT2D eigenvalue weighted by Crippen LogP contribution is -2.54. The Hall–Kier alpha value is -4.72. The molecular formula is C24H29N7O7. The third-order valence-corrected chi connectivity index (χ3v) is 5.77. The molecule has 0 bridgehead atoms. The first-order valence-electron chi connectivity index (χ1n) is 11.7. The van der Waals surface area contributed by atoms with Crippen molar-refractivity contribution >= 4 is 40.6 Å². The molecule has 0 radical (unpaired) electrons. The number of nitrogens with two attached hydrogens (primary N) is 1. The van der Waals surface area contributed by atoms with Gasteiger partial charge >= 0.3 is 11.9 Å². The van der Waals surface area contributed by atoms with Crippen molar-refractivity contribution in [2.75, 3.05) is 6.54 Å². The van der Waals surface area contributed by atoms with E-state index in [9.17, 15) is 29.1 Å². The molecule has 202 valence electrons. The number of aromatic nitrogens is 3. The zero-order chi connectivity index (χ0) is 27.7. The lowest BCUT2D eigenvalue weighted by Gasteiger charge is -2.21. The van der Waals surface area contributed by atoms with Crippen LogP contribution in [0.3, 0.4) is 0 Å². The molecule has 0 saturated carbocycles. The Morgan fingerprint density at radius 3 is 2.42 bits per heavy atom. The van der Waals surface area contributed by atoms with Crippen molar-refractivity contribution in [1.29, 1.82) is 0 Å². The molecule has 9 N–H and O–H groups in total. The highest BCUT2D eigenvalue weighted by atomic mass is 16.4. The molecule has 0 aliphatic heterocycles. The summed E-state index contributed by atoms with van der Waals surface area (Å²) in [5.41, 5.74) is 8.26. The lowest BCUT2D eigenvalue weighted by atomic mass is 10.1. The molecular weight excluding hydrogens is 498 g/mol. The number of benzene rings is 1. The third-order valence-electron chi connectivity index (χ3n) is 5.77. The van der Waals surface area contributed by atoms with E-state index < -0.39 is 60.8 Å². The Kier molecular flexibility index (Phi) is 9.54. The van der Waals surface area contributed by atoms with E-state index in [2.05, 4.69) is 30.9 Å². The number of para-hydroxylation sites is 1. The fourth-order valence-corrected chi connectivity index (χ4v) is 3.80. The first kappa shape index (κ1) is 27.9. The predicted molar refractivity (Wildman–Crippen MR) is 134 cm³/mol. The molecule has 1 aromatic carbocycles. The minimum atomic E-state index is -1.47. The second kappa shape index (κ2) is 13.0. The van der Waals surface area contributed by atoms with Crippen LogP contribution in [-0.4, -0.2) is 79.5 Å². The monoisotopic (exact) mass is 527 g/mol. The highest BCUT2D eigenvalue weighted by molar-refractivity contribution is 5.93. The number of hydrogen-bond donors (Lipinski definition) is 8. The normalized spacial score (nSPS) is 13.3. The largest absolute Gasteiger partial charge is 0.481 e. The molecule has 0 aliphatic carbocycles. The van der Waals surface area contributed by atoms with Crippen LogP contribution in [0.15, 0.2) is 43.0 Å². The number of nitrogens with one attached hydrogen (secondary N) is 5. The van der Waals surface area contributed by atoms with E-state index >= 15 is 0 Å². The number of carbonyl (C=O) groups is 5. The summed E-state index contributed by atoms with van der Waals surface area (Å²) in [6.07, 6.45) is 3.92. The standard InChI is InChI=1S/C24H29N7O7/c25-16(7-13-9-27-17-4-2-1-3-15(13)17)22(35)28-11-20(32)30-19(8-14-10-26-12-29-14)23(36)31-18(24(37)38)5-6-21(33)34/h1-4,9-10,12,16,18-19,27H,5-8,11,25H2,(H,26,29)(H,28,35)(H,30,32)(H,31,36)(H,33,34)(H,37,38)/t16-,18-,19-/m0/s1. The van der Waals surface area contributed by atoms with Crippen LogP contribution in [0, 0.1) is 0 Å². The van der Waals surface area contributed by atoms with Gasteiger partial charge in [-0.05, 0) is 24.5 Å². The number of nitrogens with zero attached hydrogens (tertiary/aromatic N) is 1. The molecule has 3 aromatic rings. The lowest BCUT2D eigenvalue weighted by molar-refractivity contribution is -0.143. The molecule has 3 amide bonds. The van der Waals surface area contributed by atoms with Gasteiger partial charge in [0.1, 0.15) is 12.1 Å². The molecule has 2 aromatic heterocycles.